The van der Waals surface area contributed by atoms with Crippen molar-refractivity contribution in [3.63, 3.8) is 0 Å². The first kappa shape index (κ1) is 40.2. The van der Waals surface area contributed by atoms with Crippen molar-refractivity contribution < 1.29 is 51.6 Å². The number of rotatable bonds is 20. The molecule has 0 radical (unpaired) electrons. The van der Waals surface area contributed by atoms with Crippen LogP contribution in [-0.4, -0.2) is 114 Å². The van der Waals surface area contributed by atoms with E-state index in [0.29, 0.717) is 23.5 Å². The number of carbonyl (C=O) groups is 1. The van der Waals surface area contributed by atoms with E-state index in [1.54, 1.807) is 49.4 Å². The van der Waals surface area contributed by atoms with E-state index in [-0.39, 0.29) is 79.5 Å². The van der Waals surface area contributed by atoms with Gasteiger partial charge in [-0.2, -0.15) is 18.6 Å². The van der Waals surface area contributed by atoms with Crippen molar-refractivity contribution in [3.8, 4) is 46.0 Å². The SMILES string of the molecule is COCCOc1nc(-c2ccnc(-c3nn[nH]n3)c2)nc(NS(=O)(=O)c2ccc(C)cn2)c1Oc1ccccc1OC.O=COCCOCCO[N+](=O)[O-]. The molecule has 0 aliphatic rings. The summed E-state index contributed by atoms with van der Waals surface area (Å²) in [5.74, 6) is 0.617. The van der Waals surface area contributed by atoms with Gasteiger partial charge in [0.2, 0.25) is 11.6 Å². The normalized spacial score (nSPS) is 10.7. The lowest BCUT2D eigenvalue weighted by atomic mass is 10.2. The monoisotopic (exact) mass is 770 g/mol. The second-order valence-electron chi connectivity index (χ2n) is 10.2. The topological polar surface area (TPSA) is 277 Å². The van der Waals surface area contributed by atoms with Gasteiger partial charge in [0.1, 0.15) is 25.5 Å². The molecule has 4 aromatic heterocycles. The lowest BCUT2D eigenvalue weighted by Crippen LogP contribution is -2.17. The van der Waals surface area contributed by atoms with Gasteiger partial charge in [-0.3, -0.25) is 14.5 Å². The van der Waals surface area contributed by atoms with Crippen LogP contribution in [0, 0.1) is 17.0 Å². The maximum absolute atomic E-state index is 13.5. The van der Waals surface area contributed by atoms with Gasteiger partial charge in [0.25, 0.3) is 27.5 Å². The Morgan fingerprint density at radius 1 is 0.944 bits per heavy atom. The molecule has 0 bridgehead atoms. The molecule has 0 unspecified atom stereocenters. The number of nitrogens with zero attached hydrogens (tertiary/aromatic N) is 8. The number of nitrogens with one attached hydrogen (secondary N) is 2. The van der Waals surface area contributed by atoms with Crippen LogP contribution >= 0.6 is 0 Å². The summed E-state index contributed by atoms with van der Waals surface area (Å²) in [5.41, 5.74) is 1.63. The minimum atomic E-state index is -4.23. The average molecular weight is 771 g/mol. The summed E-state index contributed by atoms with van der Waals surface area (Å²) in [6.07, 6.45) is 2.96. The molecule has 5 aromatic rings. The number of hydrogen-bond donors (Lipinski definition) is 2. The van der Waals surface area contributed by atoms with E-state index in [1.165, 1.54) is 32.7 Å². The Kier molecular flexibility index (Phi) is 15.2. The highest BCUT2D eigenvalue weighted by molar-refractivity contribution is 7.92. The maximum atomic E-state index is 13.5. The number of hydrogen-bond acceptors (Lipinski definition) is 19. The van der Waals surface area contributed by atoms with Crippen molar-refractivity contribution in [2.75, 3.05) is 58.6 Å². The molecule has 0 aliphatic heterocycles. The van der Waals surface area contributed by atoms with Gasteiger partial charge in [-0.25, -0.2) is 9.97 Å². The third-order valence-electron chi connectivity index (χ3n) is 6.46. The molecule has 286 valence electrons. The van der Waals surface area contributed by atoms with Crippen LogP contribution < -0.4 is 18.9 Å². The number of aryl methyl sites for hydroxylation is 1. The van der Waals surface area contributed by atoms with Gasteiger partial charge in [0, 0.05) is 25.1 Å². The van der Waals surface area contributed by atoms with Crippen molar-refractivity contribution in [3.05, 3.63) is 76.6 Å². The minimum Gasteiger partial charge on any atom is -0.493 e. The van der Waals surface area contributed by atoms with Gasteiger partial charge >= 0.3 is 0 Å². The number of sulfonamides is 1. The Labute approximate surface area is 307 Å². The predicted molar refractivity (Wildman–Crippen MR) is 184 cm³/mol. The lowest BCUT2D eigenvalue weighted by molar-refractivity contribution is -0.758. The van der Waals surface area contributed by atoms with Crippen molar-refractivity contribution in [2.45, 2.75) is 11.9 Å². The van der Waals surface area contributed by atoms with Gasteiger partial charge in [-0.1, -0.05) is 18.2 Å². The largest absolute Gasteiger partial charge is 0.493 e. The Morgan fingerprint density at radius 3 is 2.43 bits per heavy atom. The van der Waals surface area contributed by atoms with E-state index in [4.69, 9.17) is 23.7 Å². The number of tetrazole rings is 1. The first-order valence-electron chi connectivity index (χ1n) is 15.6. The molecular weight excluding hydrogens is 736 g/mol. The molecule has 1 aromatic carbocycles. The van der Waals surface area contributed by atoms with Crippen molar-refractivity contribution >= 4 is 22.3 Å². The van der Waals surface area contributed by atoms with E-state index in [1.807, 2.05) is 0 Å². The van der Waals surface area contributed by atoms with Gasteiger partial charge in [0.05, 0.1) is 26.9 Å². The van der Waals surface area contributed by atoms with E-state index < -0.39 is 15.1 Å². The van der Waals surface area contributed by atoms with Crippen LogP contribution in [0.5, 0.6) is 23.1 Å². The van der Waals surface area contributed by atoms with E-state index in [2.05, 4.69) is 54.9 Å². The number of H-pyrrole nitrogens is 1. The highest BCUT2D eigenvalue weighted by Gasteiger charge is 2.26. The van der Waals surface area contributed by atoms with Crippen LogP contribution in [0.15, 0.2) is 66.0 Å². The zero-order valence-electron chi connectivity index (χ0n) is 29.0. The summed E-state index contributed by atoms with van der Waals surface area (Å²) in [6.45, 7) is 2.73. The fourth-order valence-electron chi connectivity index (χ4n) is 4.04. The number of ether oxygens (including phenoxy) is 6. The third-order valence-corrected chi connectivity index (χ3v) is 7.72. The first-order chi connectivity index (χ1) is 26.1. The quantitative estimate of drug-likeness (QED) is 0.0497. The van der Waals surface area contributed by atoms with E-state index in [0.717, 1.165) is 5.56 Å². The second-order valence-corrected chi connectivity index (χ2v) is 11.8. The molecule has 0 aliphatic carbocycles. The number of methoxy groups -OCH3 is 2. The Morgan fingerprint density at radius 2 is 1.74 bits per heavy atom. The van der Waals surface area contributed by atoms with E-state index >= 15 is 0 Å². The van der Waals surface area contributed by atoms with Crippen molar-refractivity contribution in [2.24, 2.45) is 0 Å². The summed E-state index contributed by atoms with van der Waals surface area (Å²) in [6, 6.07) is 13.1. The highest BCUT2D eigenvalue weighted by Crippen LogP contribution is 2.41. The zero-order chi connectivity index (χ0) is 38.8. The number of para-hydroxylation sites is 2. The van der Waals surface area contributed by atoms with Crippen LogP contribution in [0.1, 0.15) is 5.56 Å². The van der Waals surface area contributed by atoms with Gasteiger partial charge in [-0.15, -0.1) is 20.3 Å². The molecule has 22 nitrogen and oxygen atoms in total. The lowest BCUT2D eigenvalue weighted by Gasteiger charge is -2.18. The number of benzene rings is 1. The molecule has 0 spiro atoms. The molecule has 0 atom stereocenters. The highest BCUT2D eigenvalue weighted by atomic mass is 32.2. The molecule has 0 saturated carbocycles. The molecule has 4 heterocycles. The third kappa shape index (κ3) is 12.0. The summed E-state index contributed by atoms with van der Waals surface area (Å²) < 4.78 is 61.1. The summed E-state index contributed by atoms with van der Waals surface area (Å²) >= 11 is 0. The summed E-state index contributed by atoms with van der Waals surface area (Å²) in [4.78, 5) is 40.5. The molecule has 54 heavy (non-hydrogen) atoms. The second kappa shape index (κ2) is 20.4. The Balaban J connectivity index is 0.000000467. The standard InChI is InChI=1S/C26H25N9O6S.C5H9NO6/c1-16-8-9-21(28-15-16)42(36,37)33-25-22(41-20-7-5-4-6-19(20)39-3)26(40-13-12-38-2)30-23(29-25)17-10-11-27-18(14-17)24-31-34-35-32-24;7-5-11-2-1-10-3-4-12-6(8)9/h4-11,14-15H,12-13H2,1-3H3,(H,29,30,33)(H,31,32,34,35);5H,1-4H2. The first-order valence-corrected chi connectivity index (χ1v) is 17.0. The summed E-state index contributed by atoms with van der Waals surface area (Å²) in [7, 11) is -1.23. The van der Waals surface area contributed by atoms with Crippen LogP contribution in [0.4, 0.5) is 5.82 Å². The molecular formula is C31H34N10O12S. The Hall–Kier alpha value is -6.59. The van der Waals surface area contributed by atoms with Gasteiger partial charge in [0.15, 0.2) is 28.2 Å². The van der Waals surface area contributed by atoms with Crippen LogP contribution in [0.25, 0.3) is 22.9 Å². The number of anilines is 1. The minimum absolute atomic E-state index is 0.0598. The molecule has 0 fully saturated rings. The molecule has 0 saturated heterocycles. The zero-order valence-corrected chi connectivity index (χ0v) is 29.8. The Bertz CT molecular complexity index is 2060. The number of pyridine rings is 2. The van der Waals surface area contributed by atoms with E-state index in [9.17, 15) is 23.3 Å². The fourth-order valence-corrected chi connectivity index (χ4v) is 4.97. The smallest absolute Gasteiger partial charge is 0.294 e. The van der Waals surface area contributed by atoms with Gasteiger partial charge < -0.3 is 33.3 Å². The van der Waals surface area contributed by atoms with Crippen molar-refractivity contribution in [1.82, 2.24) is 40.6 Å². The van der Waals surface area contributed by atoms with Crippen LogP contribution in [-0.2, 0) is 33.9 Å². The van der Waals surface area contributed by atoms with Crippen LogP contribution in [0.2, 0.25) is 0 Å². The average Bonchev–Trinajstić information content (AvgIpc) is 3.72. The fraction of sp³-hybridized carbons (Fsp3) is 0.290. The molecule has 2 N–H and O–H groups in total. The molecule has 0 amide bonds. The molecule has 5 rings (SSSR count). The van der Waals surface area contributed by atoms with Crippen LogP contribution in [0.3, 0.4) is 0 Å². The maximum Gasteiger partial charge on any atom is 0.294 e. The number of carbonyl (C=O) groups excluding carboxylic acids is 1. The summed E-state index contributed by atoms with van der Waals surface area (Å²) in [5, 5.41) is 22.3. The van der Waals surface area contributed by atoms with Gasteiger partial charge in [-0.05, 0) is 48.0 Å². The predicted octanol–water partition coefficient (Wildman–Crippen LogP) is 2.43. The number of aromatic nitrogens is 8. The van der Waals surface area contributed by atoms with Crippen molar-refractivity contribution in [1.29, 1.82) is 0 Å². The number of aromatic amines is 1. The molecule has 23 heteroatoms.